The molecule has 4 aromatic rings. The number of quaternary nitrogens is 1. The van der Waals surface area contributed by atoms with Crippen molar-refractivity contribution < 1.29 is 46.3 Å². The molecule has 3 aromatic heterocycles. The highest BCUT2D eigenvalue weighted by Gasteiger charge is 2.43. The van der Waals surface area contributed by atoms with Crippen molar-refractivity contribution in [1.82, 2.24) is 39.4 Å². The van der Waals surface area contributed by atoms with Crippen molar-refractivity contribution in [2.75, 3.05) is 76.5 Å². The number of carbonyl (C=O) groups excluding carboxylic acids is 3. The molecule has 3 amide bonds. The maximum Gasteiger partial charge on any atom is 0.435 e. The Morgan fingerprint density at radius 3 is 2.33 bits per heavy atom. The van der Waals surface area contributed by atoms with Gasteiger partial charge in [0.2, 0.25) is 5.91 Å². The number of halogens is 5. The van der Waals surface area contributed by atoms with Gasteiger partial charge in [0.1, 0.15) is 0 Å². The lowest BCUT2D eigenvalue weighted by Gasteiger charge is -2.46. The Hall–Kier alpha value is -5.60. The zero-order chi connectivity index (χ0) is 41.5. The molecule has 16 nitrogen and oxygen atoms in total. The largest absolute Gasteiger partial charge is 0.477 e. The molecule has 0 radical (unpaired) electrons. The lowest BCUT2D eigenvalue weighted by molar-refractivity contribution is -0.929. The highest BCUT2D eigenvalue weighted by Crippen LogP contribution is 2.37. The number of carbonyl (C=O) groups is 4. The van der Waals surface area contributed by atoms with Crippen LogP contribution < -0.4 is 16.4 Å². The van der Waals surface area contributed by atoms with Crippen molar-refractivity contribution in [1.29, 1.82) is 0 Å². The first-order chi connectivity index (χ1) is 27.5. The number of benzene rings is 1. The lowest BCUT2D eigenvalue weighted by Crippen LogP contribution is -2.62. The van der Waals surface area contributed by atoms with E-state index in [0.29, 0.717) is 54.1 Å². The van der Waals surface area contributed by atoms with Crippen LogP contribution in [0.5, 0.6) is 0 Å². The number of aromatic nitrogens is 5. The number of amides is 3. The Morgan fingerprint density at radius 1 is 1.03 bits per heavy atom. The number of carboxylic acids is 1. The molecule has 0 atom stereocenters. The molecule has 0 unspecified atom stereocenters. The number of pyridine rings is 1. The van der Waals surface area contributed by atoms with Crippen LogP contribution in [0.15, 0.2) is 42.9 Å². The number of rotatable bonds is 10. The van der Waals surface area contributed by atoms with Crippen LogP contribution in [-0.2, 0) is 22.8 Å². The van der Waals surface area contributed by atoms with E-state index in [0.717, 1.165) is 48.9 Å². The molecule has 3 saturated heterocycles. The predicted molar refractivity (Wildman–Crippen MR) is 201 cm³/mol. The Bertz CT molecular complexity index is 2240. The third-order valence-electron chi connectivity index (χ3n) is 11.1. The number of likely N-dealkylation sites (tertiary alicyclic amines) is 1. The smallest absolute Gasteiger partial charge is 0.435 e. The highest BCUT2D eigenvalue weighted by atomic mass is 35.5. The quantitative estimate of drug-likeness (QED) is 0.136. The van der Waals surface area contributed by atoms with E-state index in [4.69, 9.17) is 17.3 Å². The fourth-order valence-corrected chi connectivity index (χ4v) is 8.22. The number of imidazole rings is 1. The summed E-state index contributed by atoms with van der Waals surface area (Å²) in [6, 6.07) is 5.16. The minimum Gasteiger partial charge on any atom is -0.477 e. The minimum absolute atomic E-state index is 0.0187. The number of aliphatic carboxylic acids is 1. The number of nitrogens with two attached hydrogens (primary N) is 1. The van der Waals surface area contributed by atoms with E-state index >= 15 is 0 Å². The number of hydrogen-bond acceptors (Lipinski definition) is 9. The molecule has 58 heavy (non-hydrogen) atoms. The monoisotopic (exact) mass is 830 g/mol. The summed E-state index contributed by atoms with van der Waals surface area (Å²) in [5.41, 5.74) is 3.85. The molecule has 7 rings (SSSR count). The van der Waals surface area contributed by atoms with Gasteiger partial charge in [-0.2, -0.15) is 18.3 Å². The van der Waals surface area contributed by atoms with Gasteiger partial charge in [0.15, 0.2) is 29.7 Å². The van der Waals surface area contributed by atoms with E-state index in [-0.39, 0.29) is 70.8 Å². The van der Waals surface area contributed by atoms with E-state index in [2.05, 4.69) is 25.7 Å². The van der Waals surface area contributed by atoms with Crippen molar-refractivity contribution in [3.63, 3.8) is 0 Å². The Morgan fingerprint density at radius 2 is 1.72 bits per heavy atom. The summed E-state index contributed by atoms with van der Waals surface area (Å²) in [4.78, 5) is 63.1. The summed E-state index contributed by atoms with van der Waals surface area (Å²) < 4.78 is 59.0. The normalized spacial score (nSPS) is 20.1. The van der Waals surface area contributed by atoms with E-state index in [1.807, 2.05) is 0 Å². The number of anilines is 2. The number of piperazine rings is 1. The number of nitrogens with one attached hydrogen (secondary N) is 2. The number of carboxylic acid groups (broad SMARTS) is 1. The number of nitrogens with zero attached hydrogens (tertiary/aromatic N) is 8. The number of hydrogen-bond donors (Lipinski definition) is 4. The molecule has 3 aliphatic heterocycles. The summed E-state index contributed by atoms with van der Waals surface area (Å²) in [7, 11) is 1.33. The summed E-state index contributed by atoms with van der Waals surface area (Å²) in [5.74, 6) is -3.50. The average Bonchev–Trinajstić information content (AvgIpc) is 3.77. The van der Waals surface area contributed by atoms with Gasteiger partial charge in [-0.15, -0.1) is 0 Å². The van der Waals surface area contributed by atoms with Gasteiger partial charge in [-0.25, -0.2) is 23.8 Å². The molecule has 1 aromatic carbocycles. The van der Waals surface area contributed by atoms with Gasteiger partial charge in [0, 0.05) is 88.9 Å². The second-order valence-corrected chi connectivity index (χ2v) is 15.4. The molecule has 6 heterocycles. The van der Waals surface area contributed by atoms with Gasteiger partial charge in [-0.1, -0.05) is 11.6 Å². The topological polar surface area (TPSA) is 194 Å². The van der Waals surface area contributed by atoms with Crippen LogP contribution >= 0.6 is 11.6 Å². The van der Waals surface area contributed by atoms with E-state index in [1.165, 1.54) is 25.2 Å². The van der Waals surface area contributed by atoms with Crippen LogP contribution in [-0.4, -0.2) is 133 Å². The van der Waals surface area contributed by atoms with Gasteiger partial charge in [0.25, 0.3) is 11.8 Å². The number of piperidine rings is 1. The van der Waals surface area contributed by atoms with Crippen LogP contribution in [0.2, 0.25) is 5.02 Å². The number of nitrogen functional groups attached to an aromatic ring is 1. The molecule has 5 N–H and O–H groups in total. The molecule has 21 heteroatoms. The van der Waals surface area contributed by atoms with Crippen LogP contribution in [0, 0.1) is 17.7 Å². The second-order valence-electron chi connectivity index (χ2n) is 15.0. The predicted octanol–water partition coefficient (Wildman–Crippen LogP) is 3.13. The summed E-state index contributed by atoms with van der Waals surface area (Å²) >= 11 is 6.52. The maximum atomic E-state index is 14.5. The zero-order valence-corrected chi connectivity index (χ0v) is 32.1. The summed E-state index contributed by atoms with van der Waals surface area (Å²) in [6.45, 7) is 5.12. The molecule has 0 saturated carbocycles. The molecule has 308 valence electrons. The molecule has 0 aliphatic carbocycles. The third kappa shape index (κ3) is 8.35. The van der Waals surface area contributed by atoms with Crippen LogP contribution in [0.1, 0.15) is 39.5 Å². The lowest BCUT2D eigenvalue weighted by atomic mass is 9.90. The molecule has 3 aliphatic rings. The van der Waals surface area contributed by atoms with Crippen molar-refractivity contribution in [2.45, 2.75) is 19.0 Å². The van der Waals surface area contributed by atoms with E-state index in [9.17, 15) is 41.8 Å². The minimum atomic E-state index is -4.96. The van der Waals surface area contributed by atoms with E-state index in [1.54, 1.807) is 9.80 Å². The number of alkyl halides is 3. The van der Waals surface area contributed by atoms with Crippen LogP contribution in [0.25, 0.3) is 17.1 Å². The summed E-state index contributed by atoms with van der Waals surface area (Å²) in [6.07, 6.45) is -0.682. The molecular weight excluding hydrogens is 790 g/mol. The van der Waals surface area contributed by atoms with Crippen molar-refractivity contribution in [3.05, 3.63) is 70.8 Å². The second kappa shape index (κ2) is 16.0. The molecule has 0 bridgehead atoms. The fraction of sp³-hybridized carbons (Fsp3) is 0.432. The van der Waals surface area contributed by atoms with Crippen molar-refractivity contribution in [3.8, 4) is 17.1 Å². The first kappa shape index (κ1) is 40.6. The fourth-order valence-electron chi connectivity index (χ4n) is 7.96. The average molecular weight is 831 g/mol. The first-order valence-electron chi connectivity index (χ1n) is 18.6. The third-order valence-corrected chi connectivity index (χ3v) is 11.4. The van der Waals surface area contributed by atoms with Crippen molar-refractivity contribution in [2.24, 2.45) is 18.9 Å². The highest BCUT2D eigenvalue weighted by molar-refractivity contribution is 6.34. The van der Waals surface area contributed by atoms with Gasteiger partial charge in [-0.3, -0.25) is 14.4 Å². The zero-order valence-electron chi connectivity index (χ0n) is 31.3. The van der Waals surface area contributed by atoms with Gasteiger partial charge in [0.05, 0.1) is 59.6 Å². The Balaban J connectivity index is 0.962. The van der Waals surface area contributed by atoms with Gasteiger partial charge < -0.3 is 40.3 Å². The van der Waals surface area contributed by atoms with Gasteiger partial charge >= 0.3 is 12.1 Å². The van der Waals surface area contributed by atoms with Crippen LogP contribution in [0.4, 0.5) is 28.9 Å². The molecule has 0 spiro atoms. The Labute approximate surface area is 334 Å². The molecule has 3 fully saturated rings. The molecular formula is C37H41ClF4N11O5+. The van der Waals surface area contributed by atoms with Gasteiger partial charge in [-0.05, 0) is 18.2 Å². The maximum absolute atomic E-state index is 14.5. The standard InChI is InChI=1S/C37H40ClF4N11O5/c1-49-29(26-18-52(48-31(26)37(40,41)42)32-28(39)12-23(43)16-45-32)17-46-33(49)34(56)47-24-2-3-25(27(38)13-24)36(58)51-8-6-50(7-9-51)35(57)22-4-10-53(11-5-22,20-30(54)55)19-21-14-44-15-21/h2-3,12-13,16-18,21-22,44H,4-11,14-15,19-20,43H2,1H3,(H-,47,54,55,56,58)/p+1. The van der Waals surface area contributed by atoms with Crippen LogP contribution in [0.3, 0.4) is 0 Å². The summed E-state index contributed by atoms with van der Waals surface area (Å²) in [5, 5.41) is 19.0. The van der Waals surface area contributed by atoms with E-state index < -0.39 is 40.9 Å². The van der Waals surface area contributed by atoms with Crippen molar-refractivity contribution >= 4 is 46.7 Å². The Kier molecular flexibility index (Phi) is 11.2. The SMILES string of the molecule is Cn1c(-c2cn(-c3ncc(N)cc3F)nc2C(F)(F)F)cnc1C(=O)Nc1ccc(C(=O)N2CCN(C(=O)C3CC[N+](CC(=O)O)(CC4CNC4)CC3)CC2)c(Cl)c1. The first-order valence-corrected chi connectivity index (χ1v) is 19.0.